The van der Waals surface area contributed by atoms with E-state index in [9.17, 15) is 4.79 Å². The molecule has 1 aromatic heterocycles. The molecule has 3 aromatic rings. The molecular formula is C21H19N3O. The molecule has 1 amide bonds. The van der Waals surface area contributed by atoms with Gasteiger partial charge in [-0.1, -0.05) is 12.1 Å². The predicted molar refractivity (Wildman–Crippen MR) is 98.7 cm³/mol. The van der Waals surface area contributed by atoms with Gasteiger partial charge in [0.2, 0.25) is 0 Å². The Balaban J connectivity index is 1.58. The highest BCUT2D eigenvalue weighted by molar-refractivity contribution is 6.06. The SMILES string of the molecule is N#CCc1ccc(NC(=O)c2ccc3[nH]c4c(c3c2)CCCC4)cc1. The summed E-state index contributed by atoms with van der Waals surface area (Å²) in [6.45, 7) is 0. The van der Waals surface area contributed by atoms with Gasteiger partial charge in [0.1, 0.15) is 0 Å². The van der Waals surface area contributed by atoms with Gasteiger partial charge in [0.05, 0.1) is 12.5 Å². The average molecular weight is 329 g/mol. The zero-order valence-corrected chi connectivity index (χ0v) is 13.9. The van der Waals surface area contributed by atoms with Gasteiger partial charge in [-0.25, -0.2) is 0 Å². The molecule has 4 nitrogen and oxygen atoms in total. The Kier molecular flexibility index (Phi) is 3.99. The van der Waals surface area contributed by atoms with E-state index in [-0.39, 0.29) is 5.91 Å². The van der Waals surface area contributed by atoms with Gasteiger partial charge in [-0.2, -0.15) is 5.26 Å². The Morgan fingerprint density at radius 2 is 1.92 bits per heavy atom. The number of carbonyl (C=O) groups is 1. The smallest absolute Gasteiger partial charge is 0.255 e. The number of hydrogen-bond acceptors (Lipinski definition) is 2. The number of nitrogens with zero attached hydrogens (tertiary/aromatic N) is 1. The molecule has 0 bridgehead atoms. The minimum Gasteiger partial charge on any atom is -0.358 e. The van der Waals surface area contributed by atoms with Crippen LogP contribution in [0.25, 0.3) is 10.9 Å². The van der Waals surface area contributed by atoms with Crippen molar-refractivity contribution in [3.8, 4) is 6.07 Å². The van der Waals surface area contributed by atoms with Crippen molar-refractivity contribution in [1.82, 2.24) is 4.98 Å². The fourth-order valence-electron chi connectivity index (χ4n) is 3.55. The van der Waals surface area contributed by atoms with Gasteiger partial charge in [-0.05, 0) is 67.1 Å². The molecule has 25 heavy (non-hydrogen) atoms. The standard InChI is InChI=1S/C21H19N3O/c22-12-11-14-5-8-16(9-6-14)23-21(25)15-7-10-20-18(13-15)17-3-1-2-4-19(17)24-20/h5-10,13,24H,1-4,11H2,(H,23,25). The van der Waals surface area contributed by atoms with Crippen molar-refractivity contribution in [2.24, 2.45) is 0 Å². The number of aryl methyl sites for hydroxylation is 2. The number of nitrogens with one attached hydrogen (secondary N) is 2. The molecule has 4 rings (SSSR count). The van der Waals surface area contributed by atoms with Crippen LogP contribution in [0, 0.1) is 11.3 Å². The summed E-state index contributed by atoms with van der Waals surface area (Å²) in [5, 5.41) is 12.8. The van der Waals surface area contributed by atoms with Gasteiger partial charge in [0, 0.05) is 27.8 Å². The quantitative estimate of drug-likeness (QED) is 0.749. The van der Waals surface area contributed by atoms with Crippen molar-refractivity contribution >= 4 is 22.5 Å². The third-order valence-corrected chi connectivity index (χ3v) is 4.86. The van der Waals surface area contributed by atoms with Gasteiger partial charge in [-0.15, -0.1) is 0 Å². The molecule has 0 atom stereocenters. The van der Waals surface area contributed by atoms with Gasteiger partial charge >= 0.3 is 0 Å². The van der Waals surface area contributed by atoms with E-state index in [1.165, 1.54) is 29.5 Å². The van der Waals surface area contributed by atoms with Crippen molar-refractivity contribution < 1.29 is 4.79 Å². The Morgan fingerprint density at radius 1 is 1.12 bits per heavy atom. The molecule has 2 aromatic carbocycles. The minimum atomic E-state index is -0.110. The summed E-state index contributed by atoms with van der Waals surface area (Å²) >= 11 is 0. The van der Waals surface area contributed by atoms with Crippen LogP contribution in [0.5, 0.6) is 0 Å². The number of H-pyrrole nitrogens is 1. The monoisotopic (exact) mass is 329 g/mol. The van der Waals surface area contributed by atoms with Crippen molar-refractivity contribution in [2.45, 2.75) is 32.1 Å². The van der Waals surface area contributed by atoms with E-state index in [0.717, 1.165) is 29.6 Å². The molecule has 1 heterocycles. The van der Waals surface area contributed by atoms with Crippen molar-refractivity contribution in [1.29, 1.82) is 5.26 Å². The van der Waals surface area contributed by atoms with Crippen LogP contribution >= 0.6 is 0 Å². The van der Waals surface area contributed by atoms with Crippen LogP contribution in [0.2, 0.25) is 0 Å². The maximum absolute atomic E-state index is 12.6. The van der Waals surface area contributed by atoms with Gasteiger partial charge in [0.25, 0.3) is 5.91 Å². The second-order valence-electron chi connectivity index (χ2n) is 6.54. The summed E-state index contributed by atoms with van der Waals surface area (Å²) in [5.41, 5.74) is 6.16. The highest BCUT2D eigenvalue weighted by Gasteiger charge is 2.16. The Morgan fingerprint density at radius 3 is 2.72 bits per heavy atom. The summed E-state index contributed by atoms with van der Waals surface area (Å²) in [6.07, 6.45) is 5.01. The first-order chi connectivity index (χ1) is 12.2. The third-order valence-electron chi connectivity index (χ3n) is 4.86. The lowest BCUT2D eigenvalue weighted by atomic mass is 9.95. The number of nitriles is 1. The second-order valence-corrected chi connectivity index (χ2v) is 6.54. The molecule has 0 saturated carbocycles. The second kappa shape index (κ2) is 6.45. The van der Waals surface area contributed by atoms with Crippen LogP contribution in [0.1, 0.15) is 40.0 Å². The number of rotatable bonds is 3. The lowest BCUT2D eigenvalue weighted by Gasteiger charge is -2.10. The molecule has 124 valence electrons. The third kappa shape index (κ3) is 3.01. The number of aromatic amines is 1. The summed E-state index contributed by atoms with van der Waals surface area (Å²) in [7, 11) is 0. The number of amides is 1. The first-order valence-electron chi connectivity index (χ1n) is 8.65. The van der Waals surface area contributed by atoms with Crippen LogP contribution in [-0.4, -0.2) is 10.9 Å². The largest absolute Gasteiger partial charge is 0.358 e. The van der Waals surface area contributed by atoms with E-state index in [1.807, 2.05) is 42.5 Å². The molecule has 0 radical (unpaired) electrons. The maximum Gasteiger partial charge on any atom is 0.255 e. The topological polar surface area (TPSA) is 68.7 Å². The average Bonchev–Trinajstić information content (AvgIpc) is 3.01. The Bertz CT molecular complexity index is 977. The number of benzene rings is 2. The van der Waals surface area contributed by atoms with E-state index in [2.05, 4.69) is 16.4 Å². The zero-order valence-electron chi connectivity index (χ0n) is 13.9. The van der Waals surface area contributed by atoms with Crippen LogP contribution < -0.4 is 5.32 Å². The lowest BCUT2D eigenvalue weighted by Crippen LogP contribution is -2.11. The molecule has 4 heteroatoms. The molecule has 0 aliphatic heterocycles. The van der Waals surface area contributed by atoms with Crippen molar-refractivity contribution in [3.63, 3.8) is 0 Å². The normalized spacial score (nSPS) is 13.2. The molecule has 0 fully saturated rings. The Hall–Kier alpha value is -3.06. The molecule has 0 spiro atoms. The fourth-order valence-corrected chi connectivity index (χ4v) is 3.55. The number of hydrogen-bond donors (Lipinski definition) is 2. The fraction of sp³-hybridized carbons (Fsp3) is 0.238. The van der Waals surface area contributed by atoms with Gasteiger partial charge in [-0.3, -0.25) is 4.79 Å². The van der Waals surface area contributed by atoms with Crippen molar-refractivity contribution in [3.05, 3.63) is 64.8 Å². The highest BCUT2D eigenvalue weighted by Crippen LogP contribution is 2.29. The summed E-state index contributed by atoms with van der Waals surface area (Å²) < 4.78 is 0. The lowest BCUT2D eigenvalue weighted by molar-refractivity contribution is 0.102. The summed E-state index contributed by atoms with van der Waals surface area (Å²) in [6, 6.07) is 15.4. The zero-order chi connectivity index (χ0) is 17.2. The number of aromatic nitrogens is 1. The summed E-state index contributed by atoms with van der Waals surface area (Å²) in [5.74, 6) is -0.110. The van der Waals surface area contributed by atoms with Crippen LogP contribution in [0.15, 0.2) is 42.5 Å². The minimum absolute atomic E-state index is 0.110. The summed E-state index contributed by atoms with van der Waals surface area (Å²) in [4.78, 5) is 16.1. The first kappa shape index (κ1) is 15.5. The first-order valence-corrected chi connectivity index (χ1v) is 8.65. The molecule has 2 N–H and O–H groups in total. The molecule has 1 aliphatic rings. The van der Waals surface area contributed by atoms with Crippen molar-refractivity contribution in [2.75, 3.05) is 5.32 Å². The number of fused-ring (bicyclic) bond motifs is 3. The van der Waals surface area contributed by atoms with E-state index in [0.29, 0.717) is 12.0 Å². The van der Waals surface area contributed by atoms with Gasteiger partial charge < -0.3 is 10.3 Å². The van der Waals surface area contributed by atoms with E-state index in [1.54, 1.807) is 0 Å². The highest BCUT2D eigenvalue weighted by atomic mass is 16.1. The molecule has 0 unspecified atom stereocenters. The maximum atomic E-state index is 12.6. The number of anilines is 1. The van der Waals surface area contributed by atoms with Crippen LogP contribution in [0.3, 0.4) is 0 Å². The van der Waals surface area contributed by atoms with Gasteiger partial charge in [0.15, 0.2) is 0 Å². The molecule has 0 saturated heterocycles. The van der Waals surface area contributed by atoms with E-state index >= 15 is 0 Å². The van der Waals surface area contributed by atoms with Crippen LogP contribution in [-0.2, 0) is 19.3 Å². The molecular weight excluding hydrogens is 310 g/mol. The Labute approximate surface area is 146 Å². The van der Waals surface area contributed by atoms with E-state index in [4.69, 9.17) is 5.26 Å². The van der Waals surface area contributed by atoms with E-state index < -0.39 is 0 Å². The van der Waals surface area contributed by atoms with Crippen LogP contribution in [0.4, 0.5) is 5.69 Å². The molecule has 1 aliphatic carbocycles. The number of carbonyl (C=O) groups excluding carboxylic acids is 1. The predicted octanol–water partition coefficient (Wildman–Crippen LogP) is 4.37.